The van der Waals surface area contributed by atoms with Crippen molar-refractivity contribution in [3.8, 4) is 0 Å². The molecule has 3 rings (SSSR count). The van der Waals surface area contributed by atoms with Crippen LogP contribution in [0.2, 0.25) is 0 Å². The summed E-state index contributed by atoms with van der Waals surface area (Å²) in [6.45, 7) is 3.61. The summed E-state index contributed by atoms with van der Waals surface area (Å²) >= 11 is 0. The Morgan fingerprint density at radius 3 is 2.81 bits per heavy atom. The minimum absolute atomic E-state index is 0.135. The minimum Gasteiger partial charge on any atom is -0.350 e. The van der Waals surface area contributed by atoms with Gasteiger partial charge in [-0.2, -0.15) is 0 Å². The molecule has 3 heteroatoms. The summed E-state index contributed by atoms with van der Waals surface area (Å²) in [5, 5.41) is 8.93. The van der Waals surface area contributed by atoms with Crippen LogP contribution in [0, 0.1) is 0 Å². The predicted octanol–water partition coefficient (Wildman–Crippen LogP) is 2.99. The first-order valence-electron chi connectivity index (χ1n) is 7.75. The van der Waals surface area contributed by atoms with E-state index in [1.54, 1.807) is 0 Å². The van der Waals surface area contributed by atoms with Crippen LogP contribution in [0.4, 0.5) is 0 Å². The average Bonchev–Trinajstić information content (AvgIpc) is 3.03. The zero-order valence-electron chi connectivity index (χ0n) is 12.5. The molecule has 1 fully saturated rings. The molecule has 1 amide bonds. The number of carbonyl (C=O) groups is 1. The Bertz CT molecular complexity index is 639. The summed E-state index contributed by atoms with van der Waals surface area (Å²) < 4.78 is 0. The highest BCUT2D eigenvalue weighted by atomic mass is 16.2. The van der Waals surface area contributed by atoms with Gasteiger partial charge >= 0.3 is 0 Å². The summed E-state index contributed by atoms with van der Waals surface area (Å²) in [5.74, 6) is 0.135. The molecule has 1 unspecified atom stereocenters. The quantitative estimate of drug-likeness (QED) is 0.905. The van der Waals surface area contributed by atoms with E-state index in [2.05, 4.69) is 41.8 Å². The molecule has 1 atom stereocenters. The molecule has 2 aromatic rings. The van der Waals surface area contributed by atoms with Gasteiger partial charge in [0.15, 0.2) is 0 Å². The van der Waals surface area contributed by atoms with Crippen LogP contribution >= 0.6 is 0 Å². The highest BCUT2D eigenvalue weighted by Gasteiger charge is 2.38. The fraction of sp³-hybridized carbons (Fsp3) is 0.389. The van der Waals surface area contributed by atoms with E-state index in [4.69, 9.17) is 0 Å². The monoisotopic (exact) mass is 282 g/mol. The zero-order valence-corrected chi connectivity index (χ0v) is 12.5. The maximum absolute atomic E-state index is 12.5. The number of carbonyl (C=O) groups excluding carboxylic acids is 1. The van der Waals surface area contributed by atoms with E-state index in [0.29, 0.717) is 6.54 Å². The van der Waals surface area contributed by atoms with Gasteiger partial charge in [-0.1, -0.05) is 49.4 Å². The third-order valence-electron chi connectivity index (χ3n) is 4.60. The van der Waals surface area contributed by atoms with Gasteiger partial charge in [-0.3, -0.25) is 4.79 Å². The van der Waals surface area contributed by atoms with E-state index in [-0.39, 0.29) is 11.4 Å². The van der Waals surface area contributed by atoms with E-state index in [1.165, 1.54) is 16.3 Å². The molecule has 0 radical (unpaired) electrons. The lowest BCUT2D eigenvalue weighted by Gasteiger charge is -2.26. The number of hydrogen-bond acceptors (Lipinski definition) is 2. The molecule has 1 aliphatic rings. The van der Waals surface area contributed by atoms with Crippen molar-refractivity contribution in [2.45, 2.75) is 38.3 Å². The smallest absolute Gasteiger partial charge is 0.240 e. The Hall–Kier alpha value is -1.87. The second-order valence-corrected chi connectivity index (χ2v) is 5.79. The van der Waals surface area contributed by atoms with Crippen molar-refractivity contribution >= 4 is 16.7 Å². The Morgan fingerprint density at radius 2 is 2.05 bits per heavy atom. The van der Waals surface area contributed by atoms with Crippen LogP contribution in [0.25, 0.3) is 10.8 Å². The van der Waals surface area contributed by atoms with Crippen molar-refractivity contribution in [1.29, 1.82) is 0 Å². The molecule has 110 valence electrons. The van der Waals surface area contributed by atoms with Crippen LogP contribution in [-0.4, -0.2) is 18.0 Å². The van der Waals surface area contributed by atoms with Crippen LogP contribution in [0.1, 0.15) is 31.7 Å². The lowest BCUT2D eigenvalue weighted by Crippen LogP contribution is -2.52. The molecule has 0 spiro atoms. The Morgan fingerprint density at radius 1 is 1.24 bits per heavy atom. The van der Waals surface area contributed by atoms with Gasteiger partial charge in [0, 0.05) is 6.54 Å². The van der Waals surface area contributed by atoms with Gasteiger partial charge in [-0.05, 0) is 42.1 Å². The molecule has 21 heavy (non-hydrogen) atoms. The lowest BCUT2D eigenvalue weighted by molar-refractivity contribution is -0.127. The summed E-state index contributed by atoms with van der Waals surface area (Å²) in [4.78, 5) is 12.5. The predicted molar refractivity (Wildman–Crippen MR) is 86.1 cm³/mol. The fourth-order valence-corrected chi connectivity index (χ4v) is 3.25. The molecule has 1 saturated heterocycles. The van der Waals surface area contributed by atoms with Crippen molar-refractivity contribution in [3.05, 3.63) is 48.0 Å². The number of nitrogens with one attached hydrogen (secondary N) is 2. The Kier molecular flexibility index (Phi) is 3.93. The molecule has 0 aliphatic carbocycles. The second kappa shape index (κ2) is 5.86. The molecule has 2 N–H and O–H groups in total. The van der Waals surface area contributed by atoms with Gasteiger partial charge in [0.25, 0.3) is 0 Å². The SMILES string of the molecule is CCC1(C(=O)NCc2cccc3ccccc23)CCCN1. The third-order valence-corrected chi connectivity index (χ3v) is 4.60. The molecule has 0 bridgehead atoms. The second-order valence-electron chi connectivity index (χ2n) is 5.79. The van der Waals surface area contributed by atoms with Gasteiger partial charge in [-0.25, -0.2) is 0 Å². The van der Waals surface area contributed by atoms with Crippen molar-refractivity contribution in [2.24, 2.45) is 0 Å². The molecule has 1 aliphatic heterocycles. The maximum Gasteiger partial charge on any atom is 0.240 e. The van der Waals surface area contributed by atoms with Gasteiger partial charge in [-0.15, -0.1) is 0 Å². The Labute approximate surface area is 125 Å². The summed E-state index contributed by atoms with van der Waals surface area (Å²) in [5.41, 5.74) is 0.815. The van der Waals surface area contributed by atoms with E-state index >= 15 is 0 Å². The number of benzene rings is 2. The first-order valence-corrected chi connectivity index (χ1v) is 7.75. The van der Waals surface area contributed by atoms with E-state index in [1.807, 2.05) is 18.2 Å². The van der Waals surface area contributed by atoms with Gasteiger partial charge in [0.2, 0.25) is 5.91 Å². The standard InChI is InChI=1S/C18H22N2O/c1-2-18(11-6-12-20-18)17(21)19-13-15-9-5-8-14-7-3-4-10-16(14)15/h3-5,7-10,20H,2,6,11-13H2,1H3,(H,19,21). The maximum atomic E-state index is 12.5. The van der Waals surface area contributed by atoms with E-state index in [0.717, 1.165) is 25.8 Å². The zero-order chi connectivity index (χ0) is 14.7. The molecular weight excluding hydrogens is 260 g/mol. The van der Waals surface area contributed by atoms with Gasteiger partial charge in [0.1, 0.15) is 0 Å². The lowest BCUT2D eigenvalue weighted by atomic mass is 9.93. The first kappa shape index (κ1) is 14.1. The van der Waals surface area contributed by atoms with Gasteiger partial charge in [0.05, 0.1) is 5.54 Å². The molecule has 0 saturated carbocycles. The fourth-order valence-electron chi connectivity index (χ4n) is 3.25. The molecule has 2 aromatic carbocycles. The van der Waals surface area contributed by atoms with E-state index in [9.17, 15) is 4.79 Å². The highest BCUT2D eigenvalue weighted by molar-refractivity contribution is 5.88. The topological polar surface area (TPSA) is 41.1 Å². The first-order chi connectivity index (χ1) is 10.2. The van der Waals surface area contributed by atoms with Crippen LogP contribution < -0.4 is 10.6 Å². The van der Waals surface area contributed by atoms with Crippen molar-refractivity contribution in [1.82, 2.24) is 10.6 Å². The number of amides is 1. The van der Waals surface area contributed by atoms with Crippen molar-refractivity contribution in [3.63, 3.8) is 0 Å². The number of hydrogen-bond donors (Lipinski definition) is 2. The normalized spacial score (nSPS) is 21.6. The molecule has 3 nitrogen and oxygen atoms in total. The third kappa shape index (κ3) is 2.66. The van der Waals surface area contributed by atoms with Crippen molar-refractivity contribution in [2.75, 3.05) is 6.54 Å². The molecule has 0 aromatic heterocycles. The minimum atomic E-state index is -0.357. The molecule has 1 heterocycles. The van der Waals surface area contributed by atoms with Gasteiger partial charge < -0.3 is 10.6 Å². The summed E-state index contributed by atoms with van der Waals surface area (Å²) in [6.07, 6.45) is 2.86. The summed E-state index contributed by atoms with van der Waals surface area (Å²) in [6, 6.07) is 14.5. The van der Waals surface area contributed by atoms with Crippen LogP contribution in [0.3, 0.4) is 0 Å². The Balaban J connectivity index is 1.76. The van der Waals surface area contributed by atoms with Crippen LogP contribution in [0.5, 0.6) is 0 Å². The van der Waals surface area contributed by atoms with Crippen molar-refractivity contribution < 1.29 is 4.79 Å². The number of rotatable bonds is 4. The van der Waals surface area contributed by atoms with E-state index < -0.39 is 0 Å². The number of fused-ring (bicyclic) bond motifs is 1. The summed E-state index contributed by atoms with van der Waals surface area (Å²) in [7, 11) is 0. The molecular formula is C18H22N2O. The van der Waals surface area contributed by atoms with Crippen LogP contribution in [-0.2, 0) is 11.3 Å². The average molecular weight is 282 g/mol. The highest BCUT2D eigenvalue weighted by Crippen LogP contribution is 2.24. The van der Waals surface area contributed by atoms with Crippen LogP contribution in [0.15, 0.2) is 42.5 Å². The largest absolute Gasteiger partial charge is 0.350 e.